The summed E-state index contributed by atoms with van der Waals surface area (Å²) in [4.78, 5) is 4.64. The Kier molecular flexibility index (Phi) is 3.97. The molecular weight excluding hydrogens is 228 g/mol. The Hall–Kier alpha value is -2.18. The van der Waals surface area contributed by atoms with Crippen molar-refractivity contribution in [3.63, 3.8) is 0 Å². The third-order valence-electron chi connectivity index (χ3n) is 2.01. The highest BCUT2D eigenvalue weighted by atomic mass is 19.1. The van der Waals surface area contributed by atoms with Gasteiger partial charge in [0.2, 0.25) is 5.96 Å². The van der Waals surface area contributed by atoms with Crippen LogP contribution in [0.15, 0.2) is 23.2 Å². The van der Waals surface area contributed by atoms with Crippen LogP contribution in [-0.4, -0.2) is 18.5 Å². The van der Waals surface area contributed by atoms with E-state index in [4.69, 9.17) is 16.9 Å². The van der Waals surface area contributed by atoms with Crippen LogP contribution in [0.1, 0.15) is 6.92 Å². The van der Waals surface area contributed by atoms with Crippen molar-refractivity contribution in [2.75, 3.05) is 11.4 Å². The van der Waals surface area contributed by atoms with Gasteiger partial charge in [0.1, 0.15) is 11.6 Å². The van der Waals surface area contributed by atoms with Crippen LogP contribution in [0.5, 0.6) is 0 Å². The maximum atomic E-state index is 13.5. The van der Waals surface area contributed by atoms with Crippen molar-refractivity contribution in [1.29, 1.82) is 5.41 Å². The Morgan fingerprint density at radius 1 is 1.41 bits per heavy atom. The summed E-state index contributed by atoms with van der Waals surface area (Å²) in [6, 6.07) is 2.96. The zero-order valence-electron chi connectivity index (χ0n) is 9.24. The molecule has 0 amide bonds. The molecule has 0 radical (unpaired) electrons. The van der Waals surface area contributed by atoms with Gasteiger partial charge in [-0.3, -0.25) is 5.41 Å². The number of hydrogen-bond acceptors (Lipinski definition) is 1. The second kappa shape index (κ2) is 5.24. The quantitative estimate of drug-likeness (QED) is 0.532. The van der Waals surface area contributed by atoms with Crippen molar-refractivity contribution in [1.82, 2.24) is 0 Å². The van der Waals surface area contributed by atoms with Crippen LogP contribution >= 0.6 is 0 Å². The molecule has 17 heavy (non-hydrogen) atoms. The fraction of sp³-hybridized carbons (Fsp3) is 0.200. The minimum Gasteiger partial charge on any atom is -0.370 e. The van der Waals surface area contributed by atoms with Crippen molar-refractivity contribution in [2.24, 2.45) is 16.5 Å². The monoisotopic (exact) mass is 241 g/mol. The van der Waals surface area contributed by atoms with Gasteiger partial charge < -0.3 is 16.4 Å². The highest BCUT2D eigenvalue weighted by molar-refractivity contribution is 6.01. The van der Waals surface area contributed by atoms with E-state index in [1.165, 1.54) is 0 Å². The Morgan fingerprint density at radius 2 is 2.06 bits per heavy atom. The molecule has 0 saturated heterocycles. The second-order valence-corrected chi connectivity index (χ2v) is 3.20. The number of nitrogens with one attached hydrogen (secondary N) is 1. The van der Waals surface area contributed by atoms with Crippen LogP contribution < -0.4 is 16.4 Å². The largest absolute Gasteiger partial charge is 0.370 e. The summed E-state index contributed by atoms with van der Waals surface area (Å²) >= 11 is 0. The van der Waals surface area contributed by atoms with Crippen LogP contribution in [0.4, 0.5) is 14.5 Å². The van der Waals surface area contributed by atoms with E-state index in [0.29, 0.717) is 0 Å². The van der Waals surface area contributed by atoms with Gasteiger partial charge in [0.25, 0.3) is 0 Å². The number of hydrogen-bond donors (Lipinski definition) is 3. The Bertz CT molecular complexity index is 454. The lowest BCUT2D eigenvalue weighted by atomic mass is 10.2. The van der Waals surface area contributed by atoms with Gasteiger partial charge in [-0.05, 0) is 19.1 Å². The lowest BCUT2D eigenvalue weighted by molar-refractivity contribution is 0.599. The number of nitrogens with zero attached hydrogens (tertiary/aromatic N) is 2. The van der Waals surface area contributed by atoms with E-state index in [2.05, 4.69) is 4.99 Å². The molecule has 92 valence electrons. The standard InChI is InChI=1S/C10H13F2N5/c1-2-17(10(15)16-9(13)14)8-5-6(11)3-4-7(8)12/h3-5H,2H2,1H3,(H5,13,14,15,16). The molecule has 0 atom stereocenters. The van der Waals surface area contributed by atoms with E-state index in [-0.39, 0.29) is 24.2 Å². The zero-order chi connectivity index (χ0) is 13.0. The minimum atomic E-state index is -0.649. The molecule has 1 aromatic rings. The highest BCUT2D eigenvalue weighted by Crippen LogP contribution is 2.20. The van der Waals surface area contributed by atoms with E-state index in [9.17, 15) is 8.78 Å². The Morgan fingerprint density at radius 3 is 2.59 bits per heavy atom. The summed E-state index contributed by atoms with van der Waals surface area (Å²) in [6.45, 7) is 1.90. The zero-order valence-corrected chi connectivity index (χ0v) is 9.24. The molecule has 0 unspecified atom stereocenters. The van der Waals surface area contributed by atoms with Crippen LogP contribution in [0.2, 0.25) is 0 Å². The lowest BCUT2D eigenvalue weighted by Gasteiger charge is -2.21. The fourth-order valence-corrected chi connectivity index (χ4v) is 1.31. The molecule has 0 heterocycles. The van der Waals surface area contributed by atoms with Gasteiger partial charge in [0, 0.05) is 12.6 Å². The first-order chi connectivity index (χ1) is 7.95. The van der Waals surface area contributed by atoms with Crippen molar-refractivity contribution in [3.8, 4) is 0 Å². The fourth-order valence-electron chi connectivity index (χ4n) is 1.31. The molecule has 7 heteroatoms. The molecule has 1 rings (SSSR count). The van der Waals surface area contributed by atoms with E-state index < -0.39 is 11.6 Å². The molecule has 0 aromatic heterocycles. The van der Waals surface area contributed by atoms with Crippen LogP contribution in [-0.2, 0) is 0 Å². The third kappa shape index (κ3) is 3.13. The molecule has 0 aliphatic heterocycles. The number of aliphatic imine (C=N–C) groups is 1. The summed E-state index contributed by atoms with van der Waals surface area (Å²) < 4.78 is 26.5. The lowest BCUT2D eigenvalue weighted by Crippen LogP contribution is -2.33. The molecule has 1 aromatic carbocycles. The molecule has 5 nitrogen and oxygen atoms in total. The van der Waals surface area contributed by atoms with E-state index in [1.807, 2.05) is 0 Å². The van der Waals surface area contributed by atoms with E-state index in [1.54, 1.807) is 6.92 Å². The predicted molar refractivity (Wildman–Crippen MR) is 62.9 cm³/mol. The first-order valence-electron chi connectivity index (χ1n) is 4.86. The van der Waals surface area contributed by atoms with Crippen molar-refractivity contribution >= 4 is 17.6 Å². The maximum Gasteiger partial charge on any atom is 0.225 e. The maximum absolute atomic E-state index is 13.5. The summed E-state index contributed by atoms with van der Waals surface area (Å²) in [5.41, 5.74) is 10.2. The third-order valence-corrected chi connectivity index (χ3v) is 2.01. The molecule has 0 spiro atoms. The SMILES string of the molecule is CCN(C(=N)N=C(N)N)c1cc(F)ccc1F. The average Bonchev–Trinajstić information content (AvgIpc) is 2.23. The highest BCUT2D eigenvalue weighted by Gasteiger charge is 2.15. The predicted octanol–water partition coefficient (Wildman–Crippen LogP) is 0.999. The van der Waals surface area contributed by atoms with Crippen LogP contribution in [0, 0.1) is 17.0 Å². The van der Waals surface area contributed by atoms with Gasteiger partial charge in [0.15, 0.2) is 5.96 Å². The molecule has 0 aliphatic rings. The summed E-state index contributed by atoms with van der Waals surface area (Å²) in [5, 5.41) is 7.57. The van der Waals surface area contributed by atoms with E-state index in [0.717, 1.165) is 23.1 Å². The second-order valence-electron chi connectivity index (χ2n) is 3.20. The molecule has 5 N–H and O–H groups in total. The number of rotatable bonds is 2. The topological polar surface area (TPSA) is 91.5 Å². The summed E-state index contributed by atoms with van der Waals surface area (Å²) in [6.07, 6.45) is 0. The number of nitrogens with two attached hydrogens (primary N) is 2. The van der Waals surface area contributed by atoms with Crippen molar-refractivity contribution in [2.45, 2.75) is 6.92 Å². The number of benzene rings is 1. The first-order valence-corrected chi connectivity index (χ1v) is 4.86. The normalized spacial score (nSPS) is 9.82. The number of halogens is 2. The van der Waals surface area contributed by atoms with Crippen molar-refractivity contribution in [3.05, 3.63) is 29.8 Å². The molecule has 0 fully saturated rings. The van der Waals surface area contributed by atoms with Gasteiger partial charge in [-0.15, -0.1) is 0 Å². The smallest absolute Gasteiger partial charge is 0.225 e. The van der Waals surface area contributed by atoms with Crippen LogP contribution in [0.3, 0.4) is 0 Å². The minimum absolute atomic E-state index is 0.0810. The van der Waals surface area contributed by atoms with E-state index >= 15 is 0 Å². The Balaban J connectivity index is 3.13. The van der Waals surface area contributed by atoms with Gasteiger partial charge >= 0.3 is 0 Å². The van der Waals surface area contributed by atoms with Crippen LogP contribution in [0.25, 0.3) is 0 Å². The van der Waals surface area contributed by atoms with Gasteiger partial charge in [0.05, 0.1) is 5.69 Å². The van der Waals surface area contributed by atoms with Gasteiger partial charge in [-0.25, -0.2) is 8.78 Å². The molecule has 0 saturated carbocycles. The average molecular weight is 241 g/mol. The first kappa shape index (κ1) is 12.9. The Labute approximate surface area is 97.2 Å². The molecular formula is C10H13F2N5. The molecule has 0 aliphatic carbocycles. The van der Waals surface area contributed by atoms with Crippen molar-refractivity contribution < 1.29 is 8.78 Å². The van der Waals surface area contributed by atoms with Gasteiger partial charge in [-0.1, -0.05) is 0 Å². The number of guanidine groups is 2. The molecule has 0 bridgehead atoms. The summed E-state index contributed by atoms with van der Waals surface area (Å²) in [7, 11) is 0. The number of anilines is 1. The van der Waals surface area contributed by atoms with Gasteiger partial charge in [-0.2, -0.15) is 4.99 Å². The summed E-state index contributed by atoms with van der Waals surface area (Å²) in [5.74, 6) is -1.91.